The van der Waals surface area contributed by atoms with Gasteiger partial charge in [0.05, 0.1) is 0 Å². The molecule has 0 aromatic rings. The highest BCUT2D eigenvalue weighted by Crippen LogP contribution is 1.95. The summed E-state index contributed by atoms with van der Waals surface area (Å²) in [7, 11) is 0. The first-order valence-corrected chi connectivity index (χ1v) is 4.45. The molecule has 13 heavy (non-hydrogen) atoms. The summed E-state index contributed by atoms with van der Waals surface area (Å²) in [5.41, 5.74) is 1.05. The van der Waals surface area contributed by atoms with Gasteiger partial charge in [0, 0.05) is 13.0 Å². The highest BCUT2D eigenvalue weighted by Gasteiger charge is 1.96. The number of nitrogens with one attached hydrogen (secondary N) is 1. The number of carbonyl (C=O) groups excluding carboxylic acids is 1. The Bertz CT molecular complexity index is 226. The fourth-order valence-electron chi connectivity index (χ4n) is 0.865. The molecule has 0 aliphatic carbocycles. The maximum atomic E-state index is 10.9. The van der Waals surface area contributed by atoms with Gasteiger partial charge >= 0.3 is 0 Å². The molecule has 0 bridgehead atoms. The van der Waals surface area contributed by atoms with Crippen LogP contribution in [0.3, 0.4) is 0 Å². The molecule has 0 atom stereocenters. The van der Waals surface area contributed by atoms with Crippen molar-refractivity contribution in [3.63, 3.8) is 0 Å². The van der Waals surface area contributed by atoms with Gasteiger partial charge in [0.2, 0.25) is 5.91 Å². The molecule has 0 fully saturated rings. The molecule has 1 amide bonds. The minimum Gasteiger partial charge on any atom is -0.352 e. The average Bonchev–Trinajstić information content (AvgIpc) is 2.14. The second-order valence-electron chi connectivity index (χ2n) is 2.61. The minimum absolute atomic E-state index is 0.0689. The third-order valence-electron chi connectivity index (χ3n) is 1.52. The van der Waals surface area contributed by atoms with E-state index in [0.717, 1.165) is 5.57 Å². The summed E-state index contributed by atoms with van der Waals surface area (Å²) >= 11 is 0. The summed E-state index contributed by atoms with van der Waals surface area (Å²) in [4.78, 5) is 10.9. The van der Waals surface area contributed by atoms with Crippen molar-refractivity contribution in [2.75, 3.05) is 6.54 Å². The SMILES string of the molecule is C=C/C=C(\C=C/C)CNC(=O)CC. The summed E-state index contributed by atoms with van der Waals surface area (Å²) in [6.07, 6.45) is 8.02. The number of hydrogen-bond donors (Lipinski definition) is 1. The van der Waals surface area contributed by atoms with Gasteiger partial charge < -0.3 is 5.32 Å². The minimum atomic E-state index is 0.0689. The lowest BCUT2D eigenvalue weighted by molar-refractivity contribution is -0.120. The molecule has 0 rings (SSSR count). The molecule has 0 aliphatic rings. The highest BCUT2D eigenvalue weighted by atomic mass is 16.1. The predicted octanol–water partition coefficient (Wildman–Crippen LogP) is 2.20. The Balaban J connectivity index is 4.04. The molecule has 0 aliphatic heterocycles. The van der Waals surface area contributed by atoms with Gasteiger partial charge in [-0.05, 0) is 12.5 Å². The Morgan fingerprint density at radius 1 is 1.54 bits per heavy atom. The first-order chi connectivity index (χ1) is 6.24. The Labute approximate surface area is 80.0 Å². The zero-order valence-electron chi connectivity index (χ0n) is 8.34. The van der Waals surface area contributed by atoms with Crippen LogP contribution in [0.2, 0.25) is 0 Å². The smallest absolute Gasteiger partial charge is 0.219 e. The zero-order valence-corrected chi connectivity index (χ0v) is 8.34. The van der Waals surface area contributed by atoms with Gasteiger partial charge in [-0.1, -0.05) is 37.8 Å². The van der Waals surface area contributed by atoms with Crippen molar-refractivity contribution in [1.82, 2.24) is 5.32 Å². The van der Waals surface area contributed by atoms with Crippen LogP contribution in [0.25, 0.3) is 0 Å². The fraction of sp³-hybridized carbons (Fsp3) is 0.364. The lowest BCUT2D eigenvalue weighted by atomic mass is 10.2. The van der Waals surface area contributed by atoms with E-state index in [1.807, 2.05) is 32.1 Å². The second-order valence-corrected chi connectivity index (χ2v) is 2.61. The van der Waals surface area contributed by atoms with Crippen LogP contribution in [0.5, 0.6) is 0 Å². The second kappa shape index (κ2) is 7.35. The number of carbonyl (C=O) groups is 1. The molecule has 0 unspecified atom stereocenters. The van der Waals surface area contributed by atoms with Gasteiger partial charge in [-0.15, -0.1) is 0 Å². The normalized spacial score (nSPS) is 11.7. The van der Waals surface area contributed by atoms with E-state index in [-0.39, 0.29) is 5.91 Å². The Morgan fingerprint density at radius 3 is 2.69 bits per heavy atom. The maximum Gasteiger partial charge on any atom is 0.219 e. The Hall–Kier alpha value is -1.31. The van der Waals surface area contributed by atoms with Crippen molar-refractivity contribution < 1.29 is 4.79 Å². The van der Waals surface area contributed by atoms with Gasteiger partial charge in [-0.2, -0.15) is 0 Å². The van der Waals surface area contributed by atoms with Crippen LogP contribution in [0.4, 0.5) is 0 Å². The van der Waals surface area contributed by atoms with Crippen molar-refractivity contribution in [2.45, 2.75) is 20.3 Å². The van der Waals surface area contributed by atoms with E-state index in [1.54, 1.807) is 6.08 Å². The van der Waals surface area contributed by atoms with Crippen molar-refractivity contribution in [3.8, 4) is 0 Å². The molecule has 72 valence electrons. The number of amides is 1. The molecule has 2 nitrogen and oxygen atoms in total. The van der Waals surface area contributed by atoms with Crippen molar-refractivity contribution >= 4 is 5.91 Å². The molecule has 0 aromatic heterocycles. The highest BCUT2D eigenvalue weighted by molar-refractivity contribution is 5.75. The van der Waals surface area contributed by atoms with E-state index >= 15 is 0 Å². The first-order valence-electron chi connectivity index (χ1n) is 4.45. The summed E-state index contributed by atoms with van der Waals surface area (Å²) in [5.74, 6) is 0.0689. The van der Waals surface area contributed by atoms with Crippen molar-refractivity contribution in [1.29, 1.82) is 0 Å². The van der Waals surface area contributed by atoms with Crippen molar-refractivity contribution in [2.24, 2.45) is 0 Å². The molecule has 0 saturated carbocycles. The summed E-state index contributed by atoms with van der Waals surface area (Å²) in [6.45, 7) is 7.96. The van der Waals surface area contributed by atoms with Crippen LogP contribution in [-0.2, 0) is 4.79 Å². The lowest BCUT2D eigenvalue weighted by Crippen LogP contribution is -2.24. The predicted molar refractivity (Wildman–Crippen MR) is 56.4 cm³/mol. The van der Waals surface area contributed by atoms with E-state index in [4.69, 9.17) is 0 Å². The number of rotatable bonds is 5. The molecule has 0 spiro atoms. The van der Waals surface area contributed by atoms with Crippen LogP contribution >= 0.6 is 0 Å². The molecule has 1 N–H and O–H groups in total. The van der Waals surface area contributed by atoms with Crippen molar-refractivity contribution in [3.05, 3.63) is 36.5 Å². The van der Waals surface area contributed by atoms with Crippen LogP contribution in [-0.4, -0.2) is 12.5 Å². The summed E-state index contributed by atoms with van der Waals surface area (Å²) < 4.78 is 0. The quantitative estimate of drug-likeness (QED) is 0.644. The number of allylic oxidation sites excluding steroid dienone is 3. The average molecular weight is 179 g/mol. The van der Waals surface area contributed by atoms with Crippen LogP contribution in [0, 0.1) is 0 Å². The van der Waals surface area contributed by atoms with Gasteiger partial charge in [0.1, 0.15) is 0 Å². The molecule has 0 heterocycles. The zero-order chi connectivity index (χ0) is 10.1. The van der Waals surface area contributed by atoms with Gasteiger partial charge in [-0.25, -0.2) is 0 Å². The first kappa shape index (κ1) is 11.7. The van der Waals surface area contributed by atoms with E-state index in [9.17, 15) is 4.79 Å². The largest absolute Gasteiger partial charge is 0.352 e. The van der Waals surface area contributed by atoms with E-state index < -0.39 is 0 Å². The molecular formula is C11H17NO. The molecule has 0 saturated heterocycles. The topological polar surface area (TPSA) is 29.1 Å². The fourth-order valence-corrected chi connectivity index (χ4v) is 0.865. The lowest BCUT2D eigenvalue weighted by Gasteiger charge is -2.03. The monoisotopic (exact) mass is 179 g/mol. The van der Waals surface area contributed by atoms with Crippen LogP contribution in [0.1, 0.15) is 20.3 Å². The van der Waals surface area contributed by atoms with Crippen LogP contribution < -0.4 is 5.32 Å². The van der Waals surface area contributed by atoms with E-state index in [0.29, 0.717) is 13.0 Å². The third kappa shape index (κ3) is 5.91. The standard InChI is InChI=1S/C11H17NO/c1-4-7-10(8-5-2)9-12-11(13)6-3/h4-5,7-8H,1,6,9H2,2-3H3,(H,12,13)/b8-5-,10-7+. The molecule has 0 aromatic carbocycles. The third-order valence-corrected chi connectivity index (χ3v) is 1.52. The summed E-state index contributed by atoms with van der Waals surface area (Å²) in [5, 5.41) is 2.80. The Morgan fingerprint density at radius 2 is 2.23 bits per heavy atom. The van der Waals surface area contributed by atoms with Gasteiger partial charge in [-0.3, -0.25) is 4.79 Å². The molecular weight excluding hydrogens is 162 g/mol. The summed E-state index contributed by atoms with van der Waals surface area (Å²) in [6, 6.07) is 0. The van der Waals surface area contributed by atoms with Gasteiger partial charge in [0.25, 0.3) is 0 Å². The molecule has 0 radical (unpaired) electrons. The van der Waals surface area contributed by atoms with Gasteiger partial charge in [0.15, 0.2) is 0 Å². The Kier molecular flexibility index (Phi) is 6.60. The van der Waals surface area contributed by atoms with E-state index in [2.05, 4.69) is 11.9 Å². The van der Waals surface area contributed by atoms with Crippen LogP contribution in [0.15, 0.2) is 36.5 Å². The maximum absolute atomic E-state index is 10.9. The molecule has 2 heteroatoms. The van der Waals surface area contributed by atoms with E-state index in [1.165, 1.54) is 0 Å². The number of hydrogen-bond acceptors (Lipinski definition) is 1.